The summed E-state index contributed by atoms with van der Waals surface area (Å²) in [5.74, 6) is 1.02. The Kier molecular flexibility index (Phi) is 5.78. The number of carbonyl (C=O) groups excluding carboxylic acids is 1. The first-order valence-electron chi connectivity index (χ1n) is 7.73. The smallest absolute Gasteiger partial charge is 0.284 e. The third-order valence-corrected chi connectivity index (χ3v) is 4.49. The molecule has 3 rings (SSSR count). The Morgan fingerprint density at radius 1 is 1.24 bits per heavy atom. The quantitative estimate of drug-likeness (QED) is 0.282. The molecular weight excluding hydrogens is 340 g/mol. The number of imidazole rings is 1. The molecule has 0 atom stereocenters. The number of amides is 1. The van der Waals surface area contributed by atoms with Crippen LogP contribution in [0.2, 0.25) is 0 Å². The lowest BCUT2D eigenvalue weighted by Crippen LogP contribution is -2.20. The van der Waals surface area contributed by atoms with Gasteiger partial charge in [0.1, 0.15) is 18.2 Å². The first-order chi connectivity index (χ1) is 12.3. The minimum absolute atomic E-state index is 0.423. The fourth-order valence-corrected chi connectivity index (χ4v) is 3.05. The third-order valence-electron chi connectivity index (χ3n) is 3.40. The van der Waals surface area contributed by atoms with Crippen molar-refractivity contribution in [2.75, 3.05) is 13.2 Å². The van der Waals surface area contributed by atoms with Gasteiger partial charge in [-0.1, -0.05) is 18.2 Å². The number of rotatable bonds is 8. The van der Waals surface area contributed by atoms with Gasteiger partial charge in [0.2, 0.25) is 0 Å². The average molecular weight is 358 g/mol. The highest BCUT2D eigenvalue weighted by molar-refractivity contribution is 7.17. The molecule has 0 aliphatic heterocycles. The molecule has 0 aliphatic carbocycles. The van der Waals surface area contributed by atoms with E-state index in [1.807, 2.05) is 30.3 Å². The Morgan fingerprint density at radius 3 is 2.88 bits per heavy atom. The number of aromatic amines is 1. The van der Waals surface area contributed by atoms with Crippen molar-refractivity contribution in [1.82, 2.24) is 20.8 Å². The molecule has 2 heterocycles. The van der Waals surface area contributed by atoms with Gasteiger partial charge in [-0.2, -0.15) is 0 Å². The van der Waals surface area contributed by atoms with E-state index in [-0.39, 0.29) is 0 Å². The number of hydroxylamine groups is 1. The van der Waals surface area contributed by atoms with Crippen molar-refractivity contribution in [1.29, 1.82) is 0 Å². The molecule has 130 valence electrons. The molecule has 4 N–H and O–H groups in total. The maximum Gasteiger partial charge on any atom is 0.284 e. The van der Waals surface area contributed by atoms with Crippen molar-refractivity contribution >= 4 is 17.2 Å². The van der Waals surface area contributed by atoms with E-state index in [9.17, 15) is 4.79 Å². The highest BCUT2D eigenvalue weighted by Crippen LogP contribution is 2.25. The molecule has 3 aromatic rings. The number of ether oxygens (including phenoxy) is 1. The maximum atomic E-state index is 11.4. The Hall–Kier alpha value is -2.68. The van der Waals surface area contributed by atoms with E-state index in [0.717, 1.165) is 16.3 Å². The van der Waals surface area contributed by atoms with Gasteiger partial charge in [-0.05, 0) is 24.3 Å². The number of thiophene rings is 1. The molecule has 0 saturated carbocycles. The molecule has 1 amide bonds. The summed E-state index contributed by atoms with van der Waals surface area (Å²) in [6.07, 6.45) is 1.76. The van der Waals surface area contributed by atoms with E-state index in [1.54, 1.807) is 23.8 Å². The van der Waals surface area contributed by atoms with Gasteiger partial charge < -0.3 is 15.0 Å². The van der Waals surface area contributed by atoms with Crippen molar-refractivity contribution in [2.45, 2.75) is 6.54 Å². The highest BCUT2D eigenvalue weighted by atomic mass is 32.1. The minimum Gasteiger partial charge on any atom is -0.492 e. The molecule has 25 heavy (non-hydrogen) atoms. The topological polar surface area (TPSA) is 99.3 Å². The molecule has 0 unspecified atom stereocenters. The van der Waals surface area contributed by atoms with Gasteiger partial charge in [0.25, 0.3) is 5.91 Å². The zero-order chi connectivity index (χ0) is 17.5. The first kappa shape index (κ1) is 17.2. The van der Waals surface area contributed by atoms with Gasteiger partial charge in [0.15, 0.2) is 0 Å². The van der Waals surface area contributed by atoms with Crippen LogP contribution in [-0.4, -0.2) is 34.2 Å². The number of nitrogens with one attached hydrogen (secondary N) is 3. The van der Waals surface area contributed by atoms with Crippen molar-refractivity contribution in [3.63, 3.8) is 0 Å². The standard InChI is InChI=1S/C17H18N4O3S/c22-17(21-23)15-7-6-14(25-15)16-19-11-12(20-16)10-18-8-9-24-13-4-2-1-3-5-13/h1-7,11,18,23H,8-10H2,(H,19,20)(H,21,22). The largest absolute Gasteiger partial charge is 0.492 e. The number of para-hydroxylation sites is 1. The van der Waals surface area contributed by atoms with E-state index in [2.05, 4.69) is 15.3 Å². The molecule has 8 heteroatoms. The zero-order valence-electron chi connectivity index (χ0n) is 13.4. The summed E-state index contributed by atoms with van der Waals surface area (Å²) < 4.78 is 5.61. The Labute approximate surface area is 148 Å². The lowest BCUT2D eigenvalue weighted by molar-refractivity contribution is 0.0711. The van der Waals surface area contributed by atoms with Crippen molar-refractivity contribution in [3.05, 3.63) is 59.2 Å². The molecule has 0 fully saturated rings. The predicted octanol–water partition coefficient (Wildman–Crippen LogP) is 2.43. The van der Waals surface area contributed by atoms with Gasteiger partial charge in [-0.15, -0.1) is 11.3 Å². The number of H-pyrrole nitrogens is 1. The fraction of sp³-hybridized carbons (Fsp3) is 0.176. The molecule has 2 aromatic heterocycles. The van der Waals surface area contributed by atoms with Crippen molar-refractivity contribution in [3.8, 4) is 16.5 Å². The Balaban J connectivity index is 1.45. The summed E-state index contributed by atoms with van der Waals surface area (Å²) >= 11 is 1.26. The Morgan fingerprint density at radius 2 is 2.08 bits per heavy atom. The number of benzene rings is 1. The van der Waals surface area contributed by atoms with Crippen molar-refractivity contribution in [2.24, 2.45) is 0 Å². The van der Waals surface area contributed by atoms with Crippen LogP contribution in [0.15, 0.2) is 48.7 Å². The Bertz CT molecular complexity index is 816. The average Bonchev–Trinajstić information content (AvgIpc) is 3.31. The molecule has 0 bridgehead atoms. The van der Waals surface area contributed by atoms with Crippen molar-refractivity contribution < 1.29 is 14.7 Å². The predicted molar refractivity (Wildman–Crippen MR) is 94.8 cm³/mol. The monoisotopic (exact) mass is 358 g/mol. The molecule has 1 aromatic carbocycles. The number of aromatic nitrogens is 2. The summed E-state index contributed by atoms with van der Waals surface area (Å²) in [6.45, 7) is 1.93. The maximum absolute atomic E-state index is 11.4. The number of nitrogens with zero attached hydrogens (tertiary/aromatic N) is 1. The molecule has 0 saturated heterocycles. The highest BCUT2D eigenvalue weighted by Gasteiger charge is 2.11. The molecule has 0 spiro atoms. The first-order valence-corrected chi connectivity index (χ1v) is 8.55. The second-order valence-electron chi connectivity index (χ2n) is 5.20. The number of hydrogen-bond acceptors (Lipinski definition) is 6. The van der Waals surface area contributed by atoms with E-state index in [1.165, 1.54) is 11.3 Å². The summed E-state index contributed by atoms with van der Waals surface area (Å²) in [7, 11) is 0. The van der Waals surface area contributed by atoms with Crippen LogP contribution in [-0.2, 0) is 6.54 Å². The molecular formula is C17H18N4O3S. The fourth-order valence-electron chi connectivity index (χ4n) is 2.20. The zero-order valence-corrected chi connectivity index (χ0v) is 14.2. The van der Waals surface area contributed by atoms with Gasteiger partial charge in [0, 0.05) is 25.0 Å². The van der Waals surface area contributed by atoms with Crippen LogP contribution >= 0.6 is 11.3 Å². The van der Waals surface area contributed by atoms with Crippen LogP contribution in [0.3, 0.4) is 0 Å². The van der Waals surface area contributed by atoms with E-state index in [0.29, 0.717) is 30.4 Å². The van der Waals surface area contributed by atoms with Crippen LogP contribution in [0.5, 0.6) is 5.75 Å². The second-order valence-corrected chi connectivity index (χ2v) is 6.28. The van der Waals surface area contributed by atoms with Crippen LogP contribution < -0.4 is 15.5 Å². The summed E-state index contributed by atoms with van der Waals surface area (Å²) in [6, 6.07) is 13.1. The molecule has 0 aliphatic rings. The van der Waals surface area contributed by atoms with Gasteiger partial charge in [-0.25, -0.2) is 10.5 Å². The van der Waals surface area contributed by atoms with E-state index in [4.69, 9.17) is 9.94 Å². The number of hydrogen-bond donors (Lipinski definition) is 4. The third kappa shape index (κ3) is 4.66. The lowest BCUT2D eigenvalue weighted by atomic mass is 10.3. The summed E-state index contributed by atoms with van der Waals surface area (Å²) in [5, 5.41) is 11.9. The molecule has 0 radical (unpaired) electrons. The van der Waals surface area contributed by atoms with Gasteiger partial charge in [0.05, 0.1) is 9.75 Å². The summed E-state index contributed by atoms with van der Waals surface area (Å²) in [4.78, 5) is 20.2. The SMILES string of the molecule is O=C(NO)c1ccc(-c2ncc(CNCCOc3ccccc3)[nH]2)s1. The van der Waals surface area contributed by atoms with Crippen LogP contribution in [0.25, 0.3) is 10.7 Å². The second kappa shape index (κ2) is 8.43. The number of carbonyl (C=O) groups is 1. The molecule has 7 nitrogen and oxygen atoms in total. The lowest BCUT2D eigenvalue weighted by Gasteiger charge is -2.06. The van der Waals surface area contributed by atoms with Crippen LogP contribution in [0.4, 0.5) is 0 Å². The van der Waals surface area contributed by atoms with E-state index < -0.39 is 5.91 Å². The van der Waals surface area contributed by atoms with Gasteiger partial charge >= 0.3 is 0 Å². The van der Waals surface area contributed by atoms with Gasteiger partial charge in [-0.3, -0.25) is 10.0 Å². The van der Waals surface area contributed by atoms with Crippen LogP contribution in [0.1, 0.15) is 15.4 Å². The normalized spacial score (nSPS) is 10.6. The summed E-state index contributed by atoms with van der Waals surface area (Å²) in [5.41, 5.74) is 2.56. The van der Waals surface area contributed by atoms with Crippen LogP contribution in [0, 0.1) is 0 Å². The minimum atomic E-state index is -0.525. The van der Waals surface area contributed by atoms with E-state index >= 15 is 0 Å².